The monoisotopic (exact) mass is 501 g/mol. The van der Waals surface area contributed by atoms with Crippen molar-refractivity contribution in [2.24, 2.45) is 0 Å². The van der Waals surface area contributed by atoms with Crippen molar-refractivity contribution in [2.75, 3.05) is 18.6 Å². The number of anilines is 1. The molecule has 5 rings (SSSR count). The fourth-order valence-electron chi connectivity index (χ4n) is 4.75. The van der Waals surface area contributed by atoms with Crippen LogP contribution in [0.25, 0.3) is 11.0 Å². The van der Waals surface area contributed by atoms with Gasteiger partial charge in [-0.2, -0.15) is 0 Å². The van der Waals surface area contributed by atoms with Crippen LogP contribution in [-0.4, -0.2) is 19.6 Å². The molecule has 1 atom stereocenters. The van der Waals surface area contributed by atoms with Gasteiger partial charge in [-0.3, -0.25) is 14.5 Å². The zero-order valence-electron chi connectivity index (χ0n) is 20.8. The summed E-state index contributed by atoms with van der Waals surface area (Å²) in [5, 5.41) is 0.0936. The van der Waals surface area contributed by atoms with Gasteiger partial charge in [0.15, 0.2) is 5.43 Å². The Labute approximate surface area is 214 Å². The maximum absolute atomic E-state index is 14.0. The largest absolute Gasteiger partial charge is 0.497 e. The van der Waals surface area contributed by atoms with Crippen molar-refractivity contribution < 1.29 is 23.1 Å². The molecule has 7 heteroatoms. The fourth-order valence-corrected chi connectivity index (χ4v) is 4.75. The molecule has 6 nitrogen and oxygen atoms in total. The van der Waals surface area contributed by atoms with E-state index in [4.69, 9.17) is 13.9 Å². The summed E-state index contributed by atoms with van der Waals surface area (Å²) in [6.07, 6.45) is 4.44. The predicted molar refractivity (Wildman–Crippen MR) is 140 cm³/mol. The van der Waals surface area contributed by atoms with Crippen LogP contribution in [0, 0.1) is 5.82 Å². The van der Waals surface area contributed by atoms with Crippen LogP contribution in [0.3, 0.4) is 0 Å². The highest BCUT2D eigenvalue weighted by Gasteiger charge is 2.43. The van der Waals surface area contributed by atoms with Crippen LogP contribution < -0.4 is 19.8 Å². The Hall–Kier alpha value is -4.13. The van der Waals surface area contributed by atoms with Crippen molar-refractivity contribution in [1.29, 1.82) is 0 Å². The number of rotatable bonds is 9. The fraction of sp³-hybridized carbons (Fsp3) is 0.267. The molecule has 3 aromatic carbocycles. The van der Waals surface area contributed by atoms with Crippen molar-refractivity contribution in [3.63, 3.8) is 0 Å². The zero-order chi connectivity index (χ0) is 25.9. The topological polar surface area (TPSA) is 69.0 Å². The van der Waals surface area contributed by atoms with Gasteiger partial charge in [0.1, 0.15) is 22.9 Å². The Bertz CT molecular complexity index is 1490. The smallest absolute Gasteiger partial charge is 0.295 e. The lowest BCUT2D eigenvalue weighted by Gasteiger charge is -2.25. The van der Waals surface area contributed by atoms with E-state index >= 15 is 0 Å². The van der Waals surface area contributed by atoms with Gasteiger partial charge in [0, 0.05) is 11.8 Å². The van der Waals surface area contributed by atoms with E-state index < -0.39 is 23.2 Å². The highest BCUT2D eigenvalue weighted by Crippen LogP contribution is 2.42. The number of fused-ring (bicyclic) bond motifs is 2. The molecule has 0 spiro atoms. The van der Waals surface area contributed by atoms with Crippen LogP contribution in [-0.2, 0) is 0 Å². The lowest BCUT2D eigenvalue weighted by molar-refractivity contribution is 0.0971. The van der Waals surface area contributed by atoms with Crippen molar-refractivity contribution in [2.45, 2.75) is 38.6 Å². The van der Waals surface area contributed by atoms with Gasteiger partial charge in [0.25, 0.3) is 5.91 Å². The number of hydrogen-bond acceptors (Lipinski definition) is 5. The predicted octanol–water partition coefficient (Wildman–Crippen LogP) is 6.65. The quantitative estimate of drug-likeness (QED) is 0.240. The summed E-state index contributed by atoms with van der Waals surface area (Å²) in [5.41, 5.74) is 1.16. The van der Waals surface area contributed by atoms with Gasteiger partial charge in [-0.25, -0.2) is 4.39 Å². The summed E-state index contributed by atoms with van der Waals surface area (Å²) in [6.45, 7) is 2.79. The molecule has 1 unspecified atom stereocenters. The molecule has 1 aliphatic rings. The number of hydrogen-bond donors (Lipinski definition) is 0. The second-order valence-corrected chi connectivity index (χ2v) is 9.07. The van der Waals surface area contributed by atoms with Crippen molar-refractivity contribution in [3.8, 4) is 11.5 Å². The van der Waals surface area contributed by atoms with E-state index in [0.29, 0.717) is 29.4 Å². The Morgan fingerprint density at radius 2 is 1.76 bits per heavy atom. The second kappa shape index (κ2) is 10.5. The number of ether oxygens (including phenoxy) is 2. The number of methoxy groups -OCH3 is 1. The standard InChI is InChI=1S/C30H28FNO5/c1-3-4-5-6-16-36-22-13-10-19(11-14-22)27-26-28(33)24-17-20(31)12-15-25(24)37-29(26)30(34)32(27)21-8-7-9-23(18-21)35-2/h7-15,17-18,27H,3-6,16H2,1-2H3. The number of nitrogens with zero attached hydrogens (tertiary/aromatic N) is 1. The summed E-state index contributed by atoms with van der Waals surface area (Å²) in [6, 6.07) is 17.4. The molecule has 0 aliphatic carbocycles. The number of benzene rings is 3. The molecule has 2 heterocycles. The Balaban J connectivity index is 1.58. The van der Waals surface area contributed by atoms with Crippen molar-refractivity contribution in [3.05, 3.63) is 99.7 Å². The van der Waals surface area contributed by atoms with Crippen LogP contribution in [0.2, 0.25) is 0 Å². The van der Waals surface area contributed by atoms with Crippen LogP contribution in [0.4, 0.5) is 10.1 Å². The van der Waals surface area contributed by atoms with E-state index in [1.165, 1.54) is 23.5 Å². The molecule has 4 aromatic rings. The first kappa shape index (κ1) is 24.6. The van der Waals surface area contributed by atoms with Gasteiger partial charge in [-0.15, -0.1) is 0 Å². The SMILES string of the molecule is CCCCCCOc1ccc(C2c3c(oc4ccc(F)cc4c3=O)C(=O)N2c2cccc(OC)c2)cc1. The third-order valence-corrected chi connectivity index (χ3v) is 6.63. The third kappa shape index (κ3) is 4.69. The maximum atomic E-state index is 14.0. The molecular weight excluding hydrogens is 473 g/mol. The molecule has 190 valence electrons. The summed E-state index contributed by atoms with van der Waals surface area (Å²) in [5.74, 6) is 0.232. The van der Waals surface area contributed by atoms with Gasteiger partial charge in [-0.1, -0.05) is 44.4 Å². The molecule has 1 aromatic heterocycles. The minimum Gasteiger partial charge on any atom is -0.497 e. The first-order valence-electron chi connectivity index (χ1n) is 12.5. The lowest BCUT2D eigenvalue weighted by Crippen LogP contribution is -2.29. The van der Waals surface area contributed by atoms with E-state index in [2.05, 4.69) is 6.92 Å². The van der Waals surface area contributed by atoms with Crippen LogP contribution in [0.5, 0.6) is 11.5 Å². The summed E-state index contributed by atoms with van der Waals surface area (Å²) in [4.78, 5) is 28.9. The Kier molecular flexibility index (Phi) is 6.95. The normalized spacial score (nSPS) is 14.7. The van der Waals surface area contributed by atoms with Gasteiger partial charge in [-0.05, 0) is 54.4 Å². The van der Waals surface area contributed by atoms with E-state index in [0.717, 1.165) is 25.3 Å². The van der Waals surface area contributed by atoms with Crippen LogP contribution in [0.15, 0.2) is 75.9 Å². The first-order chi connectivity index (χ1) is 18.0. The minimum absolute atomic E-state index is 0.0480. The molecule has 0 fully saturated rings. The molecule has 1 amide bonds. The molecule has 0 saturated heterocycles. The van der Waals surface area contributed by atoms with Gasteiger partial charge in [0.2, 0.25) is 5.76 Å². The molecule has 0 bridgehead atoms. The zero-order valence-corrected chi connectivity index (χ0v) is 20.8. The summed E-state index contributed by atoms with van der Waals surface area (Å²) in [7, 11) is 1.55. The summed E-state index contributed by atoms with van der Waals surface area (Å²) < 4.78 is 31.2. The van der Waals surface area contributed by atoms with E-state index in [1.54, 1.807) is 31.4 Å². The second-order valence-electron chi connectivity index (χ2n) is 9.07. The van der Waals surface area contributed by atoms with Crippen molar-refractivity contribution >= 4 is 22.6 Å². The lowest BCUT2D eigenvalue weighted by atomic mass is 9.98. The van der Waals surface area contributed by atoms with E-state index in [1.807, 2.05) is 24.3 Å². The molecular formula is C30H28FNO5. The Morgan fingerprint density at radius 3 is 2.51 bits per heavy atom. The average Bonchev–Trinajstić information content (AvgIpc) is 3.21. The number of halogens is 1. The number of amides is 1. The molecule has 0 saturated carbocycles. The van der Waals surface area contributed by atoms with Gasteiger partial charge in [0.05, 0.1) is 30.7 Å². The third-order valence-electron chi connectivity index (χ3n) is 6.63. The van der Waals surface area contributed by atoms with Gasteiger partial charge >= 0.3 is 0 Å². The summed E-state index contributed by atoms with van der Waals surface area (Å²) >= 11 is 0. The molecule has 0 radical (unpaired) electrons. The van der Waals surface area contributed by atoms with E-state index in [9.17, 15) is 14.0 Å². The number of carbonyl (C=O) groups excluding carboxylic acids is 1. The molecule has 0 N–H and O–H groups in total. The van der Waals surface area contributed by atoms with Gasteiger partial charge < -0.3 is 13.9 Å². The first-order valence-corrected chi connectivity index (χ1v) is 12.5. The minimum atomic E-state index is -0.767. The highest BCUT2D eigenvalue weighted by molar-refractivity contribution is 6.10. The highest BCUT2D eigenvalue weighted by atomic mass is 19.1. The average molecular weight is 502 g/mol. The number of carbonyl (C=O) groups is 1. The van der Waals surface area contributed by atoms with E-state index in [-0.39, 0.29) is 22.3 Å². The maximum Gasteiger partial charge on any atom is 0.295 e. The van der Waals surface area contributed by atoms with Crippen molar-refractivity contribution in [1.82, 2.24) is 0 Å². The van der Waals surface area contributed by atoms with Crippen LogP contribution in [0.1, 0.15) is 60.3 Å². The Morgan fingerprint density at radius 1 is 0.946 bits per heavy atom. The molecule has 37 heavy (non-hydrogen) atoms. The van der Waals surface area contributed by atoms with Crippen LogP contribution >= 0.6 is 0 Å². The molecule has 1 aliphatic heterocycles. The number of unbranched alkanes of at least 4 members (excludes halogenated alkanes) is 3.